The maximum atomic E-state index is 5.53. The van der Waals surface area contributed by atoms with Gasteiger partial charge in [-0.05, 0) is 43.9 Å². The summed E-state index contributed by atoms with van der Waals surface area (Å²) in [6.07, 6.45) is 0.874. The molecule has 0 radical (unpaired) electrons. The summed E-state index contributed by atoms with van der Waals surface area (Å²) in [5, 5.41) is 4.16. The predicted octanol–water partition coefficient (Wildman–Crippen LogP) is 3.94. The molecule has 2 aromatic carbocycles. The van der Waals surface area contributed by atoms with E-state index in [0.717, 1.165) is 17.5 Å². The molecular weight excluding hydrogens is 312 g/mol. The van der Waals surface area contributed by atoms with E-state index in [4.69, 9.17) is 4.52 Å². The summed E-state index contributed by atoms with van der Waals surface area (Å²) in [7, 11) is 0. The van der Waals surface area contributed by atoms with E-state index < -0.39 is 0 Å². The van der Waals surface area contributed by atoms with Gasteiger partial charge < -0.3 is 4.52 Å². The second kappa shape index (κ2) is 6.43. The van der Waals surface area contributed by atoms with Crippen molar-refractivity contribution in [3.63, 3.8) is 0 Å². The average Bonchev–Trinajstić information content (AvgIpc) is 3.24. The van der Waals surface area contributed by atoms with Gasteiger partial charge in [0.1, 0.15) is 6.04 Å². The molecule has 128 valence electrons. The molecule has 1 aromatic heterocycles. The summed E-state index contributed by atoms with van der Waals surface area (Å²) in [6.45, 7) is 6.32. The second-order valence-corrected chi connectivity index (χ2v) is 6.76. The number of hydrogen-bond acceptors (Lipinski definition) is 5. The zero-order valence-corrected chi connectivity index (χ0v) is 14.7. The van der Waals surface area contributed by atoms with Crippen LogP contribution in [-0.4, -0.2) is 10.1 Å². The molecule has 1 saturated heterocycles. The van der Waals surface area contributed by atoms with Crippen LogP contribution in [0.5, 0.6) is 0 Å². The number of hydrogen-bond donors (Lipinski definition) is 2. The molecule has 0 bridgehead atoms. The van der Waals surface area contributed by atoms with E-state index in [1.165, 1.54) is 16.7 Å². The third-order valence-electron chi connectivity index (χ3n) is 4.83. The van der Waals surface area contributed by atoms with Crippen molar-refractivity contribution in [2.75, 3.05) is 0 Å². The van der Waals surface area contributed by atoms with Crippen molar-refractivity contribution >= 4 is 0 Å². The number of benzene rings is 2. The number of aryl methyl sites for hydroxylation is 3. The molecule has 1 fully saturated rings. The Labute approximate surface area is 147 Å². The molecule has 5 nitrogen and oxygen atoms in total. The first-order valence-electron chi connectivity index (χ1n) is 8.59. The molecule has 0 saturated carbocycles. The minimum Gasteiger partial charge on any atom is -0.337 e. The molecule has 5 heteroatoms. The Morgan fingerprint density at radius 3 is 2.56 bits per heavy atom. The largest absolute Gasteiger partial charge is 0.337 e. The molecule has 1 aliphatic rings. The lowest BCUT2D eigenvalue weighted by Gasteiger charge is -2.13. The van der Waals surface area contributed by atoms with Crippen LogP contribution >= 0.6 is 0 Å². The number of hydrazine groups is 1. The fraction of sp³-hybridized carbons (Fsp3) is 0.300. The maximum absolute atomic E-state index is 5.53. The normalized spacial score (nSPS) is 20.1. The Bertz CT molecular complexity index is 902. The third-order valence-corrected chi connectivity index (χ3v) is 4.83. The molecule has 2 unspecified atom stereocenters. The van der Waals surface area contributed by atoms with Crippen LogP contribution in [0.2, 0.25) is 0 Å². The van der Waals surface area contributed by atoms with Crippen molar-refractivity contribution in [3.8, 4) is 11.4 Å². The third kappa shape index (κ3) is 3.08. The quantitative estimate of drug-likeness (QED) is 0.759. The van der Waals surface area contributed by atoms with E-state index in [9.17, 15) is 0 Å². The van der Waals surface area contributed by atoms with Crippen LogP contribution < -0.4 is 10.9 Å². The van der Waals surface area contributed by atoms with Gasteiger partial charge in [-0.15, -0.1) is 0 Å². The van der Waals surface area contributed by atoms with Crippen LogP contribution in [0.4, 0.5) is 0 Å². The molecule has 0 spiro atoms. The maximum Gasteiger partial charge on any atom is 0.245 e. The first-order chi connectivity index (χ1) is 12.1. The summed E-state index contributed by atoms with van der Waals surface area (Å²) in [5.74, 6) is 1.27. The van der Waals surface area contributed by atoms with E-state index in [1.807, 2.05) is 18.2 Å². The molecular formula is C20H22N4O. The SMILES string of the molecule is Cc1ccc(C2CC(c3nc(-c4ccccc4C)no3)NN2)c(C)c1. The Balaban J connectivity index is 1.54. The molecule has 1 aliphatic heterocycles. The highest BCUT2D eigenvalue weighted by molar-refractivity contribution is 5.59. The summed E-state index contributed by atoms with van der Waals surface area (Å²) in [6, 6.07) is 14.9. The lowest BCUT2D eigenvalue weighted by atomic mass is 9.96. The number of nitrogens with zero attached hydrogens (tertiary/aromatic N) is 2. The molecule has 2 N–H and O–H groups in total. The van der Waals surface area contributed by atoms with Crippen molar-refractivity contribution in [1.82, 2.24) is 21.0 Å². The van der Waals surface area contributed by atoms with Crippen LogP contribution in [0.15, 0.2) is 47.0 Å². The van der Waals surface area contributed by atoms with Gasteiger partial charge in [0.05, 0.1) is 0 Å². The van der Waals surface area contributed by atoms with Crippen molar-refractivity contribution in [2.24, 2.45) is 0 Å². The highest BCUT2D eigenvalue weighted by Crippen LogP contribution is 2.32. The first-order valence-corrected chi connectivity index (χ1v) is 8.59. The Kier molecular flexibility index (Phi) is 4.11. The zero-order chi connectivity index (χ0) is 17.4. The fourth-order valence-corrected chi connectivity index (χ4v) is 3.45. The van der Waals surface area contributed by atoms with Crippen LogP contribution in [0.25, 0.3) is 11.4 Å². The van der Waals surface area contributed by atoms with E-state index >= 15 is 0 Å². The van der Waals surface area contributed by atoms with Crippen LogP contribution in [0, 0.1) is 20.8 Å². The molecule has 25 heavy (non-hydrogen) atoms. The summed E-state index contributed by atoms with van der Waals surface area (Å²) >= 11 is 0. The van der Waals surface area contributed by atoms with Gasteiger partial charge in [-0.25, -0.2) is 10.9 Å². The van der Waals surface area contributed by atoms with E-state index in [2.05, 4.69) is 66.0 Å². The van der Waals surface area contributed by atoms with Crippen molar-refractivity contribution < 1.29 is 4.52 Å². The predicted molar refractivity (Wildman–Crippen MR) is 96.8 cm³/mol. The van der Waals surface area contributed by atoms with E-state index in [0.29, 0.717) is 11.7 Å². The molecule has 3 aromatic rings. The van der Waals surface area contributed by atoms with Gasteiger partial charge in [0.25, 0.3) is 0 Å². The number of nitrogens with one attached hydrogen (secondary N) is 2. The summed E-state index contributed by atoms with van der Waals surface area (Å²) in [5.41, 5.74) is 12.7. The molecule has 4 rings (SSSR count). The molecule has 0 aliphatic carbocycles. The van der Waals surface area contributed by atoms with Crippen LogP contribution in [-0.2, 0) is 0 Å². The van der Waals surface area contributed by atoms with Gasteiger partial charge in [-0.1, -0.05) is 53.2 Å². The average molecular weight is 334 g/mol. The van der Waals surface area contributed by atoms with Crippen molar-refractivity contribution in [3.05, 3.63) is 70.6 Å². The van der Waals surface area contributed by atoms with Crippen molar-refractivity contribution in [1.29, 1.82) is 0 Å². The summed E-state index contributed by atoms with van der Waals surface area (Å²) < 4.78 is 5.53. The lowest BCUT2D eigenvalue weighted by Crippen LogP contribution is -2.27. The monoisotopic (exact) mass is 334 g/mol. The molecule has 2 atom stereocenters. The topological polar surface area (TPSA) is 63.0 Å². The van der Waals surface area contributed by atoms with Gasteiger partial charge in [-0.2, -0.15) is 4.98 Å². The van der Waals surface area contributed by atoms with Gasteiger partial charge in [0.2, 0.25) is 11.7 Å². The van der Waals surface area contributed by atoms with Gasteiger partial charge in [0.15, 0.2) is 0 Å². The van der Waals surface area contributed by atoms with Crippen LogP contribution in [0.3, 0.4) is 0 Å². The smallest absolute Gasteiger partial charge is 0.245 e. The number of rotatable bonds is 3. The van der Waals surface area contributed by atoms with E-state index in [-0.39, 0.29) is 12.1 Å². The van der Waals surface area contributed by atoms with E-state index in [1.54, 1.807) is 0 Å². The Morgan fingerprint density at radius 2 is 1.76 bits per heavy atom. The number of aromatic nitrogens is 2. The van der Waals surface area contributed by atoms with Gasteiger partial charge in [-0.3, -0.25) is 0 Å². The summed E-state index contributed by atoms with van der Waals surface area (Å²) in [4.78, 5) is 4.61. The lowest BCUT2D eigenvalue weighted by molar-refractivity contribution is 0.340. The fourth-order valence-electron chi connectivity index (χ4n) is 3.45. The zero-order valence-electron chi connectivity index (χ0n) is 14.7. The highest BCUT2D eigenvalue weighted by Gasteiger charge is 2.31. The minimum atomic E-state index is 0.0102. The second-order valence-electron chi connectivity index (χ2n) is 6.76. The highest BCUT2D eigenvalue weighted by atomic mass is 16.5. The first kappa shape index (κ1) is 16.0. The van der Waals surface area contributed by atoms with Crippen LogP contribution in [0.1, 0.15) is 46.6 Å². The standard InChI is InChI=1S/C20H22N4O/c1-12-8-9-15(14(3)10-12)17-11-18(23-22-17)20-21-19(24-25-20)16-7-5-4-6-13(16)2/h4-10,17-18,22-23H,11H2,1-3H3. The van der Waals surface area contributed by atoms with Crippen molar-refractivity contribution in [2.45, 2.75) is 39.3 Å². The van der Waals surface area contributed by atoms with Gasteiger partial charge >= 0.3 is 0 Å². The molecule has 0 amide bonds. The minimum absolute atomic E-state index is 0.0102. The Morgan fingerprint density at radius 1 is 0.960 bits per heavy atom. The Hall–Kier alpha value is -2.50. The van der Waals surface area contributed by atoms with Gasteiger partial charge in [0, 0.05) is 11.6 Å². The molecule has 2 heterocycles.